The minimum atomic E-state index is 0.501. The van der Waals surface area contributed by atoms with Crippen molar-refractivity contribution in [2.24, 2.45) is 5.73 Å². The molecule has 0 aromatic heterocycles. The average molecular weight is 289 g/mol. The van der Waals surface area contributed by atoms with Crippen LogP contribution in [0.2, 0.25) is 0 Å². The van der Waals surface area contributed by atoms with Crippen molar-refractivity contribution in [2.75, 3.05) is 10.6 Å². The lowest BCUT2D eigenvalue weighted by atomic mass is 10.1. The lowest BCUT2D eigenvalue weighted by Crippen LogP contribution is -2.03. The van der Waals surface area contributed by atoms with E-state index in [1.807, 2.05) is 66.7 Å². The Balaban J connectivity index is 1.86. The molecule has 3 heteroatoms. The maximum Gasteiger partial charge on any atom is 0.0450 e. The minimum absolute atomic E-state index is 0.501. The number of hydrogen-bond donors (Lipinski definition) is 3. The Morgan fingerprint density at radius 2 is 1.23 bits per heavy atom. The lowest BCUT2D eigenvalue weighted by Gasteiger charge is -2.14. The Hall–Kier alpha value is -2.78. The smallest absolute Gasteiger partial charge is 0.0450 e. The van der Waals surface area contributed by atoms with Crippen LogP contribution in [0, 0.1) is 0 Å². The van der Waals surface area contributed by atoms with Crippen molar-refractivity contribution in [1.82, 2.24) is 0 Å². The molecule has 22 heavy (non-hydrogen) atoms. The predicted molar refractivity (Wildman–Crippen MR) is 93.8 cm³/mol. The molecule has 4 N–H and O–H groups in total. The normalized spacial score (nSPS) is 10.2. The van der Waals surface area contributed by atoms with E-state index in [0.29, 0.717) is 6.54 Å². The number of rotatable bonds is 5. The van der Waals surface area contributed by atoms with Crippen LogP contribution in [0.5, 0.6) is 0 Å². The van der Waals surface area contributed by atoms with Gasteiger partial charge in [0.15, 0.2) is 0 Å². The molecule has 0 radical (unpaired) electrons. The summed E-state index contributed by atoms with van der Waals surface area (Å²) in [7, 11) is 0. The first-order valence-corrected chi connectivity index (χ1v) is 7.32. The summed E-state index contributed by atoms with van der Waals surface area (Å²) >= 11 is 0. The number of anilines is 4. The van der Waals surface area contributed by atoms with Gasteiger partial charge in [0.25, 0.3) is 0 Å². The van der Waals surface area contributed by atoms with Gasteiger partial charge >= 0.3 is 0 Å². The van der Waals surface area contributed by atoms with E-state index in [4.69, 9.17) is 5.73 Å². The Morgan fingerprint density at radius 3 is 1.82 bits per heavy atom. The largest absolute Gasteiger partial charge is 0.355 e. The van der Waals surface area contributed by atoms with Gasteiger partial charge in [0.1, 0.15) is 0 Å². The van der Waals surface area contributed by atoms with Gasteiger partial charge in [-0.2, -0.15) is 0 Å². The topological polar surface area (TPSA) is 50.1 Å². The zero-order chi connectivity index (χ0) is 15.2. The summed E-state index contributed by atoms with van der Waals surface area (Å²) in [5.74, 6) is 0. The molecule has 0 spiro atoms. The molecule has 0 fully saturated rings. The quantitative estimate of drug-likeness (QED) is 0.641. The molecule has 3 aromatic carbocycles. The molecular weight excluding hydrogens is 270 g/mol. The van der Waals surface area contributed by atoms with E-state index in [0.717, 1.165) is 28.3 Å². The predicted octanol–water partition coefficient (Wildman–Crippen LogP) is 4.63. The van der Waals surface area contributed by atoms with Crippen LogP contribution in [-0.2, 0) is 6.54 Å². The van der Waals surface area contributed by atoms with E-state index in [1.165, 1.54) is 0 Å². The van der Waals surface area contributed by atoms with Crippen molar-refractivity contribution in [2.45, 2.75) is 6.54 Å². The van der Waals surface area contributed by atoms with Crippen molar-refractivity contribution in [3.05, 3.63) is 84.4 Å². The highest BCUT2D eigenvalue weighted by molar-refractivity contribution is 5.71. The number of nitrogens with one attached hydrogen (secondary N) is 2. The first-order valence-electron chi connectivity index (χ1n) is 7.32. The standard InChI is InChI=1S/C19H19N3/c20-14-15-11-12-18(21-16-7-3-1-4-8-16)13-19(15)22-17-9-5-2-6-10-17/h1-13,21-22H,14,20H2. The van der Waals surface area contributed by atoms with Gasteiger partial charge in [0, 0.05) is 29.3 Å². The van der Waals surface area contributed by atoms with Gasteiger partial charge in [-0.25, -0.2) is 0 Å². The summed E-state index contributed by atoms with van der Waals surface area (Å²) < 4.78 is 0. The lowest BCUT2D eigenvalue weighted by molar-refractivity contribution is 1.07. The van der Waals surface area contributed by atoms with Crippen LogP contribution in [0.4, 0.5) is 22.7 Å². The molecule has 0 heterocycles. The second-order valence-electron chi connectivity index (χ2n) is 5.06. The van der Waals surface area contributed by atoms with Crippen molar-refractivity contribution in [3.63, 3.8) is 0 Å². The van der Waals surface area contributed by atoms with Crippen LogP contribution >= 0.6 is 0 Å². The summed E-state index contributed by atoms with van der Waals surface area (Å²) in [6.07, 6.45) is 0. The van der Waals surface area contributed by atoms with E-state index in [-0.39, 0.29) is 0 Å². The SMILES string of the molecule is NCc1ccc(Nc2ccccc2)cc1Nc1ccccc1. The van der Waals surface area contributed by atoms with E-state index >= 15 is 0 Å². The summed E-state index contributed by atoms with van der Waals surface area (Å²) in [6.45, 7) is 0.501. The molecule has 0 amide bonds. The van der Waals surface area contributed by atoms with Crippen LogP contribution in [0.25, 0.3) is 0 Å². The van der Waals surface area contributed by atoms with Crippen LogP contribution in [0.15, 0.2) is 78.9 Å². The molecule has 3 nitrogen and oxygen atoms in total. The molecular formula is C19H19N3. The Morgan fingerprint density at radius 1 is 0.636 bits per heavy atom. The molecule has 0 aliphatic rings. The Bertz CT molecular complexity index is 724. The molecule has 0 bridgehead atoms. The van der Waals surface area contributed by atoms with Crippen molar-refractivity contribution >= 4 is 22.7 Å². The maximum atomic E-state index is 5.85. The van der Waals surface area contributed by atoms with Crippen LogP contribution in [-0.4, -0.2) is 0 Å². The minimum Gasteiger partial charge on any atom is -0.355 e. The van der Waals surface area contributed by atoms with Crippen molar-refractivity contribution in [3.8, 4) is 0 Å². The zero-order valence-electron chi connectivity index (χ0n) is 12.3. The van der Waals surface area contributed by atoms with Crippen LogP contribution < -0.4 is 16.4 Å². The third-order valence-electron chi connectivity index (χ3n) is 3.45. The highest BCUT2D eigenvalue weighted by Gasteiger charge is 2.04. The van der Waals surface area contributed by atoms with E-state index in [1.54, 1.807) is 0 Å². The molecule has 0 saturated heterocycles. The van der Waals surface area contributed by atoms with E-state index < -0.39 is 0 Å². The highest BCUT2D eigenvalue weighted by Crippen LogP contribution is 2.26. The molecule has 0 aliphatic carbocycles. The highest BCUT2D eigenvalue weighted by atomic mass is 14.9. The fourth-order valence-electron chi connectivity index (χ4n) is 2.31. The molecule has 3 rings (SSSR count). The van der Waals surface area contributed by atoms with Crippen molar-refractivity contribution < 1.29 is 0 Å². The molecule has 3 aromatic rings. The molecule has 0 atom stereocenters. The monoisotopic (exact) mass is 289 g/mol. The first kappa shape index (κ1) is 14.2. The van der Waals surface area contributed by atoms with Crippen LogP contribution in [0.3, 0.4) is 0 Å². The maximum absolute atomic E-state index is 5.85. The fraction of sp³-hybridized carbons (Fsp3) is 0.0526. The van der Waals surface area contributed by atoms with Gasteiger partial charge < -0.3 is 16.4 Å². The summed E-state index contributed by atoms with van der Waals surface area (Å²) in [5.41, 5.74) is 11.1. The van der Waals surface area contributed by atoms with Gasteiger partial charge in [0.2, 0.25) is 0 Å². The number of nitrogens with two attached hydrogens (primary N) is 1. The number of para-hydroxylation sites is 2. The van der Waals surface area contributed by atoms with Gasteiger partial charge in [0.05, 0.1) is 0 Å². The van der Waals surface area contributed by atoms with Gasteiger partial charge in [-0.1, -0.05) is 42.5 Å². The molecule has 0 saturated carbocycles. The van der Waals surface area contributed by atoms with Crippen molar-refractivity contribution in [1.29, 1.82) is 0 Å². The zero-order valence-corrected chi connectivity index (χ0v) is 12.3. The number of benzene rings is 3. The van der Waals surface area contributed by atoms with E-state index in [2.05, 4.69) is 22.8 Å². The second-order valence-corrected chi connectivity index (χ2v) is 5.06. The van der Waals surface area contributed by atoms with E-state index in [9.17, 15) is 0 Å². The van der Waals surface area contributed by atoms with Gasteiger partial charge in [-0.15, -0.1) is 0 Å². The third-order valence-corrected chi connectivity index (χ3v) is 3.45. The molecule has 0 unspecified atom stereocenters. The Labute approximate surface area is 130 Å². The Kier molecular flexibility index (Phi) is 4.37. The van der Waals surface area contributed by atoms with Crippen LogP contribution in [0.1, 0.15) is 5.56 Å². The third kappa shape index (κ3) is 3.45. The first-order chi connectivity index (χ1) is 10.8. The molecule has 110 valence electrons. The fourth-order valence-corrected chi connectivity index (χ4v) is 2.31. The second kappa shape index (κ2) is 6.78. The summed E-state index contributed by atoms with van der Waals surface area (Å²) in [5, 5.41) is 6.83. The molecule has 0 aliphatic heterocycles. The number of hydrogen-bond acceptors (Lipinski definition) is 3. The summed E-state index contributed by atoms with van der Waals surface area (Å²) in [4.78, 5) is 0. The average Bonchev–Trinajstić information content (AvgIpc) is 2.57. The van der Waals surface area contributed by atoms with Gasteiger partial charge in [-0.05, 0) is 42.0 Å². The van der Waals surface area contributed by atoms with Gasteiger partial charge in [-0.3, -0.25) is 0 Å². The summed E-state index contributed by atoms with van der Waals surface area (Å²) in [6, 6.07) is 26.4.